The molecular formula is C18H31IN6O3. The monoisotopic (exact) mass is 506 g/mol. The third-order valence-corrected chi connectivity index (χ3v) is 5.48. The van der Waals surface area contributed by atoms with Crippen molar-refractivity contribution in [2.24, 2.45) is 23.9 Å². The zero-order valence-electron chi connectivity index (χ0n) is 17.1. The molecule has 2 aliphatic heterocycles. The number of aromatic nitrogens is 3. The van der Waals surface area contributed by atoms with Crippen LogP contribution in [0, 0.1) is 18.8 Å². The van der Waals surface area contributed by atoms with E-state index in [0.29, 0.717) is 19.6 Å². The van der Waals surface area contributed by atoms with E-state index in [9.17, 15) is 4.79 Å². The van der Waals surface area contributed by atoms with E-state index in [-0.39, 0.29) is 47.9 Å². The van der Waals surface area contributed by atoms with Gasteiger partial charge in [-0.3, -0.25) is 4.79 Å². The lowest BCUT2D eigenvalue weighted by molar-refractivity contribution is -0.145. The maximum atomic E-state index is 12.0. The van der Waals surface area contributed by atoms with E-state index in [1.54, 1.807) is 0 Å². The summed E-state index contributed by atoms with van der Waals surface area (Å²) in [7, 11) is 3.38. The van der Waals surface area contributed by atoms with Gasteiger partial charge in [-0.05, 0) is 25.7 Å². The largest absolute Gasteiger partial charge is 0.469 e. The zero-order valence-corrected chi connectivity index (χ0v) is 19.4. The summed E-state index contributed by atoms with van der Waals surface area (Å²) in [4.78, 5) is 18.9. The third kappa shape index (κ3) is 5.34. The number of halogens is 1. The van der Waals surface area contributed by atoms with Crippen molar-refractivity contribution in [1.82, 2.24) is 25.0 Å². The molecule has 10 heteroatoms. The summed E-state index contributed by atoms with van der Waals surface area (Å²) in [6.45, 7) is 7.31. The van der Waals surface area contributed by atoms with Crippen LogP contribution in [0.5, 0.6) is 0 Å². The van der Waals surface area contributed by atoms with Crippen LogP contribution in [0.2, 0.25) is 0 Å². The molecular weight excluding hydrogens is 475 g/mol. The summed E-state index contributed by atoms with van der Waals surface area (Å²) in [5, 5.41) is 11.7. The van der Waals surface area contributed by atoms with Crippen LogP contribution < -0.4 is 5.32 Å². The molecule has 0 radical (unpaired) electrons. The summed E-state index contributed by atoms with van der Waals surface area (Å²) in [5.41, 5.74) is 0. The molecule has 0 aromatic carbocycles. The number of nitrogens with zero attached hydrogens (tertiary/aromatic N) is 5. The summed E-state index contributed by atoms with van der Waals surface area (Å²) in [6.07, 6.45) is 2.37. The van der Waals surface area contributed by atoms with Crippen molar-refractivity contribution in [3.63, 3.8) is 0 Å². The SMILES string of the molecule is COC(=O)C1CN(C(=NCc2nnc(C)n2C)NCC2CCCO2)CC1C.I. The number of carbonyl (C=O) groups is 1. The highest BCUT2D eigenvalue weighted by atomic mass is 127. The molecule has 3 unspecified atom stereocenters. The Labute approximate surface area is 183 Å². The number of likely N-dealkylation sites (tertiary alicyclic amines) is 1. The van der Waals surface area contributed by atoms with Crippen LogP contribution >= 0.6 is 24.0 Å². The molecule has 3 heterocycles. The first-order valence-electron chi connectivity index (χ1n) is 9.57. The molecule has 0 bridgehead atoms. The Morgan fingerprint density at radius 3 is 2.79 bits per heavy atom. The van der Waals surface area contributed by atoms with E-state index in [2.05, 4.69) is 27.3 Å². The normalized spacial score (nSPS) is 24.9. The van der Waals surface area contributed by atoms with Crippen molar-refractivity contribution in [2.45, 2.75) is 39.3 Å². The molecule has 0 amide bonds. The second kappa shape index (κ2) is 10.4. The van der Waals surface area contributed by atoms with Crippen LogP contribution in [0.4, 0.5) is 0 Å². The van der Waals surface area contributed by atoms with Gasteiger partial charge in [-0.1, -0.05) is 6.92 Å². The van der Waals surface area contributed by atoms with Gasteiger partial charge in [0.2, 0.25) is 0 Å². The number of ether oxygens (including phenoxy) is 2. The van der Waals surface area contributed by atoms with Gasteiger partial charge in [0, 0.05) is 33.3 Å². The van der Waals surface area contributed by atoms with Crippen molar-refractivity contribution in [3.8, 4) is 0 Å². The van der Waals surface area contributed by atoms with Crippen LogP contribution in [-0.4, -0.2) is 71.0 Å². The third-order valence-electron chi connectivity index (χ3n) is 5.48. The van der Waals surface area contributed by atoms with Crippen molar-refractivity contribution in [2.75, 3.05) is 33.4 Å². The Kier molecular flexibility index (Phi) is 8.47. The van der Waals surface area contributed by atoms with Crippen LogP contribution in [-0.2, 0) is 27.9 Å². The molecule has 0 aliphatic carbocycles. The molecule has 28 heavy (non-hydrogen) atoms. The first-order valence-corrected chi connectivity index (χ1v) is 9.57. The standard InChI is InChI=1S/C18H30N6O3.HI/c1-12-10-24(11-15(12)17(25)26-4)18(19-8-14-6-5-7-27-14)20-9-16-22-21-13(2)23(16)3;/h12,14-15H,5-11H2,1-4H3,(H,19,20);1H. The molecule has 0 spiro atoms. The number of nitrogens with one attached hydrogen (secondary N) is 1. The minimum Gasteiger partial charge on any atom is -0.469 e. The highest BCUT2D eigenvalue weighted by Gasteiger charge is 2.37. The number of rotatable bonds is 5. The minimum atomic E-state index is -0.160. The summed E-state index contributed by atoms with van der Waals surface area (Å²) >= 11 is 0. The quantitative estimate of drug-likeness (QED) is 0.277. The van der Waals surface area contributed by atoms with Gasteiger partial charge in [-0.2, -0.15) is 0 Å². The molecule has 2 saturated heterocycles. The van der Waals surface area contributed by atoms with Crippen LogP contribution in [0.3, 0.4) is 0 Å². The fraction of sp³-hybridized carbons (Fsp3) is 0.778. The molecule has 1 N–H and O–H groups in total. The maximum Gasteiger partial charge on any atom is 0.310 e. The topological polar surface area (TPSA) is 93.9 Å². The van der Waals surface area contributed by atoms with E-state index in [1.165, 1.54) is 7.11 Å². The lowest BCUT2D eigenvalue weighted by Crippen LogP contribution is -2.43. The van der Waals surface area contributed by atoms with E-state index < -0.39 is 0 Å². The van der Waals surface area contributed by atoms with E-state index >= 15 is 0 Å². The molecule has 0 saturated carbocycles. The molecule has 2 aliphatic rings. The highest BCUT2D eigenvalue weighted by molar-refractivity contribution is 14.0. The predicted octanol–water partition coefficient (Wildman–Crippen LogP) is 1.11. The lowest BCUT2D eigenvalue weighted by atomic mass is 9.99. The van der Waals surface area contributed by atoms with Crippen molar-refractivity contribution < 1.29 is 14.3 Å². The summed E-state index contributed by atoms with van der Waals surface area (Å²) in [5.74, 6) is 2.36. The van der Waals surface area contributed by atoms with Crippen LogP contribution in [0.1, 0.15) is 31.4 Å². The van der Waals surface area contributed by atoms with E-state index in [4.69, 9.17) is 14.5 Å². The minimum absolute atomic E-state index is 0. The first kappa shape index (κ1) is 22.9. The highest BCUT2D eigenvalue weighted by Crippen LogP contribution is 2.24. The molecule has 1 aromatic heterocycles. The van der Waals surface area contributed by atoms with Gasteiger partial charge in [-0.25, -0.2) is 4.99 Å². The Bertz CT molecular complexity index is 689. The second-order valence-corrected chi connectivity index (χ2v) is 7.39. The number of hydrogen-bond donors (Lipinski definition) is 1. The van der Waals surface area contributed by atoms with E-state index in [0.717, 1.165) is 43.6 Å². The van der Waals surface area contributed by atoms with Gasteiger partial charge in [0.15, 0.2) is 11.8 Å². The Morgan fingerprint density at radius 1 is 1.39 bits per heavy atom. The summed E-state index contributed by atoms with van der Waals surface area (Å²) in [6, 6.07) is 0. The van der Waals surface area contributed by atoms with E-state index in [1.807, 2.05) is 18.5 Å². The first-order chi connectivity index (χ1) is 13.0. The average molecular weight is 506 g/mol. The lowest BCUT2D eigenvalue weighted by Gasteiger charge is -2.23. The van der Waals surface area contributed by atoms with Crippen molar-refractivity contribution >= 4 is 35.9 Å². The molecule has 2 fully saturated rings. The van der Waals surface area contributed by atoms with Gasteiger partial charge in [0.1, 0.15) is 12.4 Å². The average Bonchev–Trinajstić information content (AvgIpc) is 3.38. The van der Waals surface area contributed by atoms with Crippen molar-refractivity contribution in [1.29, 1.82) is 0 Å². The Balaban J connectivity index is 0.00000280. The molecule has 158 valence electrons. The number of aliphatic imine (C=N–C) groups is 1. The molecule has 3 atom stereocenters. The Hall–Kier alpha value is -1.43. The maximum absolute atomic E-state index is 12.0. The summed E-state index contributed by atoms with van der Waals surface area (Å²) < 4.78 is 12.6. The number of esters is 1. The van der Waals surface area contributed by atoms with Crippen LogP contribution in [0.25, 0.3) is 0 Å². The number of methoxy groups -OCH3 is 1. The Morgan fingerprint density at radius 2 is 2.18 bits per heavy atom. The van der Waals surface area contributed by atoms with Crippen LogP contribution in [0.15, 0.2) is 4.99 Å². The number of guanidine groups is 1. The number of aryl methyl sites for hydroxylation is 1. The van der Waals surface area contributed by atoms with Gasteiger partial charge in [-0.15, -0.1) is 34.2 Å². The van der Waals surface area contributed by atoms with Crippen molar-refractivity contribution in [3.05, 3.63) is 11.6 Å². The van der Waals surface area contributed by atoms with Gasteiger partial charge >= 0.3 is 5.97 Å². The predicted molar refractivity (Wildman–Crippen MR) is 116 cm³/mol. The smallest absolute Gasteiger partial charge is 0.310 e. The van der Waals surface area contributed by atoms with Gasteiger partial charge in [0.25, 0.3) is 0 Å². The van der Waals surface area contributed by atoms with Gasteiger partial charge < -0.3 is 24.3 Å². The number of carbonyl (C=O) groups excluding carboxylic acids is 1. The molecule has 9 nitrogen and oxygen atoms in total. The number of hydrogen-bond acceptors (Lipinski definition) is 6. The fourth-order valence-electron chi connectivity index (χ4n) is 3.61. The van der Waals surface area contributed by atoms with Gasteiger partial charge in [0.05, 0.1) is 19.1 Å². The zero-order chi connectivity index (χ0) is 19.4. The molecule has 3 rings (SSSR count). The molecule has 1 aromatic rings. The fourth-order valence-corrected chi connectivity index (χ4v) is 3.61. The second-order valence-electron chi connectivity index (χ2n) is 7.39.